The number of anilines is 3. The first-order valence-corrected chi connectivity index (χ1v) is 7.75. The lowest BCUT2D eigenvalue weighted by Gasteiger charge is -2.10. The van der Waals surface area contributed by atoms with Crippen molar-refractivity contribution >= 4 is 34.9 Å². The van der Waals surface area contributed by atoms with E-state index >= 15 is 0 Å². The second-order valence-electron chi connectivity index (χ2n) is 5.34. The molecule has 7 nitrogen and oxygen atoms in total. The molecule has 0 radical (unpaired) electrons. The fourth-order valence-electron chi connectivity index (χ4n) is 2.11. The molecular formula is C19H18N4O3. The smallest absolute Gasteiger partial charge is 0.319 e. The Hall–Kier alpha value is -3.79. The molecule has 2 rings (SSSR count). The van der Waals surface area contributed by atoms with Crippen molar-refractivity contribution in [2.75, 3.05) is 22.5 Å². The van der Waals surface area contributed by atoms with Crippen molar-refractivity contribution in [2.45, 2.75) is 6.92 Å². The van der Waals surface area contributed by atoms with E-state index in [0.717, 1.165) is 0 Å². The molecular weight excluding hydrogens is 332 g/mol. The highest BCUT2D eigenvalue weighted by atomic mass is 16.2. The van der Waals surface area contributed by atoms with Crippen LogP contribution < -0.4 is 21.3 Å². The molecule has 0 saturated carbocycles. The van der Waals surface area contributed by atoms with Gasteiger partial charge in [-0.3, -0.25) is 9.59 Å². The number of hydrogen-bond acceptors (Lipinski definition) is 3. The summed E-state index contributed by atoms with van der Waals surface area (Å²) in [5.41, 5.74) is 2.24. The monoisotopic (exact) mass is 350 g/mol. The van der Waals surface area contributed by atoms with Gasteiger partial charge in [0.25, 0.3) is 0 Å². The van der Waals surface area contributed by atoms with E-state index in [1.165, 1.54) is 6.92 Å². The Morgan fingerprint density at radius 3 is 2.19 bits per heavy atom. The van der Waals surface area contributed by atoms with Gasteiger partial charge in [0.2, 0.25) is 11.8 Å². The summed E-state index contributed by atoms with van der Waals surface area (Å²) in [4.78, 5) is 34.8. The molecule has 7 heteroatoms. The lowest BCUT2D eigenvalue weighted by atomic mass is 10.2. The van der Waals surface area contributed by atoms with E-state index in [4.69, 9.17) is 6.42 Å². The summed E-state index contributed by atoms with van der Waals surface area (Å²) in [5, 5.41) is 10.3. The Labute approximate surface area is 151 Å². The number of benzene rings is 2. The van der Waals surface area contributed by atoms with Gasteiger partial charge in [0.15, 0.2) is 0 Å². The van der Waals surface area contributed by atoms with Crippen molar-refractivity contribution in [3.63, 3.8) is 0 Å². The van der Waals surface area contributed by atoms with E-state index in [-0.39, 0.29) is 18.4 Å². The van der Waals surface area contributed by atoms with Crippen molar-refractivity contribution < 1.29 is 14.4 Å². The van der Waals surface area contributed by atoms with Crippen LogP contribution in [0, 0.1) is 12.3 Å². The Kier molecular flexibility index (Phi) is 6.34. The van der Waals surface area contributed by atoms with Crippen LogP contribution in [0.15, 0.2) is 48.5 Å². The second-order valence-corrected chi connectivity index (χ2v) is 5.34. The molecule has 0 unspecified atom stereocenters. The molecule has 2 aromatic carbocycles. The normalized spacial score (nSPS) is 9.54. The average Bonchev–Trinajstić information content (AvgIpc) is 2.60. The maximum Gasteiger partial charge on any atom is 0.319 e. The first kappa shape index (κ1) is 18.5. The third kappa shape index (κ3) is 6.02. The summed E-state index contributed by atoms with van der Waals surface area (Å²) >= 11 is 0. The van der Waals surface area contributed by atoms with Gasteiger partial charge >= 0.3 is 6.03 Å². The fourth-order valence-corrected chi connectivity index (χ4v) is 2.11. The summed E-state index contributed by atoms with van der Waals surface area (Å²) in [6.45, 7) is 1.18. The van der Waals surface area contributed by atoms with Crippen LogP contribution in [0.25, 0.3) is 0 Å². The van der Waals surface area contributed by atoms with E-state index in [2.05, 4.69) is 27.2 Å². The third-order valence-corrected chi connectivity index (χ3v) is 3.16. The molecule has 2 aromatic rings. The van der Waals surface area contributed by atoms with Gasteiger partial charge in [-0.05, 0) is 36.4 Å². The molecule has 0 bridgehead atoms. The van der Waals surface area contributed by atoms with Gasteiger partial charge < -0.3 is 21.3 Å². The van der Waals surface area contributed by atoms with E-state index in [1.54, 1.807) is 48.5 Å². The number of carbonyl (C=O) groups is 3. The zero-order valence-electron chi connectivity index (χ0n) is 14.1. The molecule has 0 aliphatic carbocycles. The Morgan fingerprint density at radius 1 is 0.923 bits per heavy atom. The maximum atomic E-state index is 11.9. The van der Waals surface area contributed by atoms with Crippen LogP contribution in [-0.2, 0) is 9.59 Å². The van der Waals surface area contributed by atoms with Crippen molar-refractivity contribution in [1.82, 2.24) is 5.32 Å². The van der Waals surface area contributed by atoms with Gasteiger partial charge in [-0.25, -0.2) is 4.79 Å². The van der Waals surface area contributed by atoms with Crippen LogP contribution in [0.2, 0.25) is 0 Å². The molecule has 0 aliphatic rings. The molecule has 0 spiro atoms. The first-order chi connectivity index (χ1) is 12.5. The van der Waals surface area contributed by atoms with Crippen molar-refractivity contribution in [1.29, 1.82) is 0 Å². The summed E-state index contributed by atoms with van der Waals surface area (Å²) in [5.74, 6) is 1.88. The van der Waals surface area contributed by atoms with Gasteiger partial charge in [0.05, 0.1) is 6.54 Å². The van der Waals surface area contributed by atoms with Gasteiger partial charge in [0.1, 0.15) is 0 Å². The molecule has 4 N–H and O–H groups in total. The highest BCUT2D eigenvalue weighted by molar-refractivity contribution is 5.97. The molecule has 0 heterocycles. The summed E-state index contributed by atoms with van der Waals surface area (Å²) in [6, 6.07) is 12.9. The zero-order chi connectivity index (χ0) is 18.9. The van der Waals surface area contributed by atoms with Gasteiger partial charge in [-0.2, -0.15) is 0 Å². The van der Waals surface area contributed by atoms with Crippen LogP contribution in [0.4, 0.5) is 21.9 Å². The minimum atomic E-state index is -0.544. The predicted octanol–water partition coefficient (Wildman–Crippen LogP) is 2.39. The minimum absolute atomic E-state index is 0.211. The predicted molar refractivity (Wildman–Crippen MR) is 101 cm³/mol. The van der Waals surface area contributed by atoms with E-state index in [0.29, 0.717) is 22.6 Å². The molecule has 0 aliphatic heterocycles. The lowest BCUT2D eigenvalue weighted by molar-refractivity contribution is -0.115. The van der Waals surface area contributed by atoms with Crippen molar-refractivity contribution in [2.24, 2.45) is 0 Å². The number of hydrogen-bond donors (Lipinski definition) is 4. The number of rotatable bonds is 5. The van der Waals surface area contributed by atoms with Gasteiger partial charge in [0, 0.05) is 29.5 Å². The van der Waals surface area contributed by atoms with Crippen molar-refractivity contribution in [3.05, 3.63) is 54.1 Å². The Balaban J connectivity index is 1.83. The highest BCUT2D eigenvalue weighted by Gasteiger charge is 2.07. The number of amides is 4. The molecule has 4 amide bonds. The maximum absolute atomic E-state index is 11.9. The number of urea groups is 1. The van der Waals surface area contributed by atoms with Crippen molar-refractivity contribution in [3.8, 4) is 12.3 Å². The fraction of sp³-hybridized carbons (Fsp3) is 0.105. The largest absolute Gasteiger partial charge is 0.329 e. The zero-order valence-corrected chi connectivity index (χ0v) is 14.1. The van der Waals surface area contributed by atoms with Crippen LogP contribution in [0.1, 0.15) is 12.5 Å². The van der Waals surface area contributed by atoms with E-state index in [9.17, 15) is 14.4 Å². The molecule has 0 saturated heterocycles. The minimum Gasteiger partial charge on any atom is -0.329 e. The highest BCUT2D eigenvalue weighted by Crippen LogP contribution is 2.14. The SMILES string of the molecule is C#Cc1cccc(NC(=O)CNC(=O)Nc2cccc(NC(C)=O)c2)c1. The Bertz CT molecular complexity index is 871. The van der Waals surface area contributed by atoms with Gasteiger partial charge in [-0.1, -0.05) is 18.1 Å². The lowest BCUT2D eigenvalue weighted by Crippen LogP contribution is -2.35. The van der Waals surface area contributed by atoms with Crippen LogP contribution in [-0.4, -0.2) is 24.4 Å². The van der Waals surface area contributed by atoms with E-state index < -0.39 is 6.03 Å². The number of nitrogens with one attached hydrogen (secondary N) is 4. The molecule has 0 fully saturated rings. The van der Waals surface area contributed by atoms with Crippen LogP contribution in [0.5, 0.6) is 0 Å². The standard InChI is InChI=1S/C19H18N4O3/c1-3-14-6-4-7-15(10-14)22-18(25)12-20-19(26)23-17-9-5-8-16(11-17)21-13(2)24/h1,4-11H,12H2,2H3,(H,21,24)(H,22,25)(H2,20,23,26). The summed E-state index contributed by atoms with van der Waals surface area (Å²) in [7, 11) is 0. The van der Waals surface area contributed by atoms with Crippen LogP contribution in [0.3, 0.4) is 0 Å². The summed E-state index contributed by atoms with van der Waals surface area (Å²) in [6.07, 6.45) is 5.31. The Morgan fingerprint density at radius 2 is 1.54 bits per heavy atom. The second kappa shape index (κ2) is 8.89. The quantitative estimate of drug-likeness (QED) is 0.623. The molecule has 132 valence electrons. The number of carbonyl (C=O) groups excluding carboxylic acids is 3. The third-order valence-electron chi connectivity index (χ3n) is 3.16. The topological polar surface area (TPSA) is 99.3 Å². The summed E-state index contributed by atoms with van der Waals surface area (Å²) < 4.78 is 0. The first-order valence-electron chi connectivity index (χ1n) is 7.75. The molecule has 26 heavy (non-hydrogen) atoms. The molecule has 0 aromatic heterocycles. The van der Waals surface area contributed by atoms with Gasteiger partial charge in [-0.15, -0.1) is 6.42 Å². The average molecular weight is 350 g/mol. The molecule has 0 atom stereocenters. The number of terminal acetylenes is 1. The van der Waals surface area contributed by atoms with E-state index in [1.807, 2.05) is 0 Å². The van der Waals surface area contributed by atoms with Crippen LogP contribution >= 0.6 is 0 Å².